The number of imide groups is 1. The van der Waals surface area contributed by atoms with Gasteiger partial charge in [0.1, 0.15) is 0 Å². The first-order valence-corrected chi connectivity index (χ1v) is 11.5. The second kappa shape index (κ2) is 6.30. The van der Waals surface area contributed by atoms with Gasteiger partial charge in [-0.1, -0.05) is 0 Å². The van der Waals surface area contributed by atoms with Crippen LogP contribution in [0.2, 0.25) is 0 Å². The number of hydrogen-bond acceptors (Lipinski definition) is 6. The van der Waals surface area contributed by atoms with Gasteiger partial charge in [-0.3, -0.25) is 9.59 Å². The zero-order valence-corrected chi connectivity index (χ0v) is 18.0. The van der Waals surface area contributed by atoms with Crippen molar-refractivity contribution in [3.63, 3.8) is 0 Å². The third-order valence-electron chi connectivity index (χ3n) is 7.66. The molecular weight excluding hydrogens is 400 g/mol. The summed E-state index contributed by atoms with van der Waals surface area (Å²) >= 11 is 1.40. The fourth-order valence-electron chi connectivity index (χ4n) is 6.85. The summed E-state index contributed by atoms with van der Waals surface area (Å²) in [5, 5.41) is 2.55. The summed E-state index contributed by atoms with van der Waals surface area (Å²) in [7, 11) is 2.99. The van der Waals surface area contributed by atoms with Gasteiger partial charge in [-0.05, 0) is 68.4 Å². The van der Waals surface area contributed by atoms with Gasteiger partial charge >= 0.3 is 0 Å². The van der Waals surface area contributed by atoms with Crippen molar-refractivity contribution in [1.29, 1.82) is 0 Å². The fourth-order valence-corrected chi connectivity index (χ4v) is 7.79. The molecule has 4 saturated carbocycles. The van der Waals surface area contributed by atoms with E-state index in [-0.39, 0.29) is 16.9 Å². The maximum absolute atomic E-state index is 13.2. The molecule has 2 aromatic rings. The number of benzene rings is 1. The summed E-state index contributed by atoms with van der Waals surface area (Å²) < 4.78 is 10.7. The topological polar surface area (TPSA) is 68.7 Å². The number of hydrogen-bond donors (Lipinski definition) is 0. The summed E-state index contributed by atoms with van der Waals surface area (Å²) in [5.41, 5.74) is 1.82. The summed E-state index contributed by atoms with van der Waals surface area (Å²) in [4.78, 5) is 32.5. The number of carbonyl (C=O) groups is 2. The number of rotatable bonds is 4. The van der Waals surface area contributed by atoms with Crippen molar-refractivity contribution in [2.24, 2.45) is 17.8 Å². The molecule has 4 fully saturated rings. The van der Waals surface area contributed by atoms with Crippen LogP contribution in [0.3, 0.4) is 0 Å². The maximum Gasteiger partial charge on any atom is 0.271 e. The monoisotopic (exact) mass is 424 g/mol. The first-order valence-electron chi connectivity index (χ1n) is 10.6. The Hall–Kier alpha value is -2.41. The highest BCUT2D eigenvalue weighted by Crippen LogP contribution is 2.61. The van der Waals surface area contributed by atoms with Crippen molar-refractivity contribution >= 4 is 28.3 Å². The molecule has 0 atom stereocenters. The number of methoxy groups -OCH3 is 2. The van der Waals surface area contributed by atoms with E-state index >= 15 is 0 Å². The smallest absolute Gasteiger partial charge is 0.271 e. The molecule has 1 aromatic carbocycles. The van der Waals surface area contributed by atoms with E-state index in [4.69, 9.17) is 14.5 Å². The van der Waals surface area contributed by atoms with Gasteiger partial charge in [0.05, 0.1) is 31.0 Å². The number of amides is 2. The molecule has 7 rings (SSSR count). The molecule has 0 N–H and O–H groups in total. The molecule has 1 aromatic heterocycles. The lowest BCUT2D eigenvalue weighted by Gasteiger charge is -2.56. The lowest BCUT2D eigenvalue weighted by molar-refractivity contribution is -0.00690. The number of fused-ring (bicyclic) bond motifs is 1. The molecule has 30 heavy (non-hydrogen) atoms. The summed E-state index contributed by atoms with van der Waals surface area (Å²) in [5.74, 6) is 2.45. The molecule has 7 heteroatoms. The minimum absolute atomic E-state index is 0.142. The third kappa shape index (κ3) is 2.38. The van der Waals surface area contributed by atoms with Crippen LogP contribution in [0.25, 0.3) is 0 Å². The summed E-state index contributed by atoms with van der Waals surface area (Å²) in [6, 6.07) is 3.29. The van der Waals surface area contributed by atoms with Crippen molar-refractivity contribution in [3.8, 4) is 11.5 Å². The minimum Gasteiger partial charge on any atom is -0.493 e. The summed E-state index contributed by atoms with van der Waals surface area (Å²) in [6.45, 7) is 0. The Balaban J connectivity index is 1.37. The average Bonchev–Trinajstić information content (AvgIpc) is 3.30. The number of nitrogens with zero attached hydrogens (tertiary/aromatic N) is 2. The Morgan fingerprint density at radius 3 is 2.27 bits per heavy atom. The molecule has 4 aliphatic carbocycles. The number of anilines is 1. The van der Waals surface area contributed by atoms with Crippen LogP contribution in [0.1, 0.15) is 64.9 Å². The first kappa shape index (κ1) is 18.4. The first-order chi connectivity index (χ1) is 14.5. The molecular formula is C23H24N2O4S. The van der Waals surface area contributed by atoms with Crippen molar-refractivity contribution in [1.82, 2.24) is 4.98 Å². The van der Waals surface area contributed by atoms with Crippen LogP contribution in [0, 0.1) is 17.8 Å². The second-order valence-corrected chi connectivity index (χ2v) is 10.2. The van der Waals surface area contributed by atoms with Gasteiger partial charge in [0.15, 0.2) is 16.6 Å². The number of carbonyl (C=O) groups excluding carboxylic acids is 2. The third-order valence-corrected chi connectivity index (χ3v) is 8.49. The molecule has 2 heterocycles. The molecule has 5 aliphatic rings. The van der Waals surface area contributed by atoms with Crippen LogP contribution < -0.4 is 14.4 Å². The highest BCUT2D eigenvalue weighted by atomic mass is 32.1. The number of ether oxygens (including phenoxy) is 2. The standard InChI is InChI=1S/C23H24N2O4S/c1-28-16-4-3-15-18(19(16)29-2)21(27)25(20(15)26)22-24-17(11-30-22)23-8-12-5-13(9-23)7-14(6-12)10-23/h3-4,11-14H,5-10H2,1-2H3. The van der Waals surface area contributed by atoms with Crippen molar-refractivity contribution in [2.75, 3.05) is 19.1 Å². The van der Waals surface area contributed by atoms with E-state index in [0.717, 1.165) is 23.4 Å². The van der Waals surface area contributed by atoms with Crippen LogP contribution in [0.4, 0.5) is 5.13 Å². The van der Waals surface area contributed by atoms with Crippen LogP contribution in [-0.4, -0.2) is 31.0 Å². The van der Waals surface area contributed by atoms with Gasteiger partial charge < -0.3 is 9.47 Å². The summed E-state index contributed by atoms with van der Waals surface area (Å²) in [6.07, 6.45) is 7.72. The Morgan fingerprint density at radius 2 is 1.67 bits per heavy atom. The van der Waals surface area contributed by atoms with Gasteiger partial charge in [0, 0.05) is 10.8 Å². The molecule has 0 spiro atoms. The number of thiazole rings is 1. The van der Waals surface area contributed by atoms with Gasteiger partial charge in [0.25, 0.3) is 11.8 Å². The van der Waals surface area contributed by atoms with Crippen LogP contribution in [0.5, 0.6) is 11.5 Å². The van der Waals surface area contributed by atoms with Crippen LogP contribution >= 0.6 is 11.3 Å². The molecule has 156 valence electrons. The molecule has 4 bridgehead atoms. The quantitative estimate of drug-likeness (QED) is 0.679. The Morgan fingerprint density at radius 1 is 1.00 bits per heavy atom. The second-order valence-electron chi connectivity index (χ2n) is 9.38. The molecule has 2 amide bonds. The van der Waals surface area contributed by atoms with Gasteiger partial charge in [0.2, 0.25) is 0 Å². The Kier molecular flexibility index (Phi) is 3.85. The molecule has 0 saturated heterocycles. The molecule has 0 radical (unpaired) electrons. The van der Waals surface area contributed by atoms with E-state index in [9.17, 15) is 9.59 Å². The normalized spacial score (nSPS) is 31.4. The number of aromatic nitrogens is 1. The van der Waals surface area contributed by atoms with E-state index in [1.807, 2.05) is 0 Å². The van der Waals surface area contributed by atoms with E-state index in [1.54, 1.807) is 12.1 Å². The lowest BCUT2D eigenvalue weighted by Crippen LogP contribution is -2.48. The van der Waals surface area contributed by atoms with Gasteiger partial charge in [-0.25, -0.2) is 9.88 Å². The highest BCUT2D eigenvalue weighted by molar-refractivity contribution is 7.14. The predicted molar refractivity (Wildman–Crippen MR) is 113 cm³/mol. The van der Waals surface area contributed by atoms with Gasteiger partial charge in [-0.2, -0.15) is 0 Å². The average molecular weight is 425 g/mol. The van der Waals surface area contributed by atoms with E-state index in [0.29, 0.717) is 22.2 Å². The zero-order chi connectivity index (χ0) is 20.6. The Labute approximate surface area is 179 Å². The predicted octanol–water partition coefficient (Wildman–Crippen LogP) is 4.43. The van der Waals surface area contributed by atoms with E-state index in [2.05, 4.69) is 5.38 Å². The Bertz CT molecular complexity index is 1040. The minimum atomic E-state index is -0.392. The fraction of sp³-hybridized carbons (Fsp3) is 0.522. The van der Waals surface area contributed by atoms with Crippen molar-refractivity contribution < 1.29 is 19.1 Å². The van der Waals surface area contributed by atoms with Crippen molar-refractivity contribution in [3.05, 3.63) is 34.3 Å². The largest absolute Gasteiger partial charge is 0.493 e. The molecule has 1 aliphatic heterocycles. The molecule has 6 nitrogen and oxygen atoms in total. The van der Waals surface area contributed by atoms with E-state index in [1.165, 1.54) is 69.0 Å². The molecule has 0 unspecified atom stereocenters. The SMILES string of the molecule is COc1ccc2c(c1OC)C(=O)N(c1nc(C34CC5CC(CC(C5)C3)C4)cs1)C2=O. The van der Waals surface area contributed by atoms with Crippen molar-refractivity contribution in [2.45, 2.75) is 43.9 Å². The van der Waals surface area contributed by atoms with Crippen LogP contribution in [-0.2, 0) is 5.41 Å². The maximum atomic E-state index is 13.2. The lowest BCUT2D eigenvalue weighted by atomic mass is 9.49. The zero-order valence-electron chi connectivity index (χ0n) is 17.1. The van der Waals surface area contributed by atoms with Crippen LogP contribution in [0.15, 0.2) is 17.5 Å². The van der Waals surface area contributed by atoms with Gasteiger partial charge in [-0.15, -0.1) is 11.3 Å². The highest BCUT2D eigenvalue weighted by Gasteiger charge is 2.53. The van der Waals surface area contributed by atoms with E-state index < -0.39 is 5.91 Å².